The van der Waals surface area contributed by atoms with Crippen molar-refractivity contribution in [3.63, 3.8) is 0 Å². The average molecular weight is 590 g/mol. The molecule has 2 N–H and O–H groups in total. The third kappa shape index (κ3) is 8.66. The molecule has 0 bridgehead atoms. The van der Waals surface area contributed by atoms with Crippen LogP contribution in [0.1, 0.15) is 68.1 Å². The van der Waals surface area contributed by atoms with Crippen LogP contribution < -0.4 is 10.6 Å². The molecular weight excluding hydrogens is 546 g/mol. The second kappa shape index (κ2) is 15.5. The number of ether oxygens (including phenoxy) is 1. The van der Waals surface area contributed by atoms with E-state index in [9.17, 15) is 19.2 Å². The Morgan fingerprint density at radius 2 is 1.68 bits per heavy atom. The average Bonchev–Trinajstić information content (AvgIpc) is 3.00. The number of urea groups is 1. The van der Waals surface area contributed by atoms with E-state index in [0.717, 1.165) is 64.8 Å². The molecule has 0 radical (unpaired) electrons. The van der Waals surface area contributed by atoms with E-state index in [1.165, 1.54) is 24.2 Å². The topological polar surface area (TPSA) is 116 Å². The lowest BCUT2D eigenvalue weighted by molar-refractivity contribution is -0.138. The van der Waals surface area contributed by atoms with Crippen LogP contribution in [0.25, 0.3) is 0 Å². The zero-order chi connectivity index (χ0) is 29.2. The molecule has 0 unspecified atom stereocenters. The van der Waals surface area contributed by atoms with Gasteiger partial charge in [-0.25, -0.2) is 4.79 Å². The first kappa shape index (κ1) is 31.3. The van der Waals surface area contributed by atoms with Crippen molar-refractivity contribution < 1.29 is 23.9 Å². The number of anilines is 1. The first-order valence-electron chi connectivity index (χ1n) is 15.1. The van der Waals surface area contributed by atoms with E-state index in [0.29, 0.717) is 43.1 Å². The zero-order valence-corrected chi connectivity index (χ0v) is 24.7. The molecule has 3 aliphatic rings. The summed E-state index contributed by atoms with van der Waals surface area (Å²) < 4.78 is 6.14. The smallest absolute Gasteiger partial charge is 0.319 e. The monoisotopic (exact) mass is 589 g/mol. The lowest BCUT2D eigenvalue weighted by atomic mass is 9.88. The molecule has 226 valence electrons. The van der Waals surface area contributed by atoms with E-state index in [1.807, 2.05) is 0 Å². The maximum absolute atomic E-state index is 13.2. The summed E-state index contributed by atoms with van der Waals surface area (Å²) in [5.74, 6) is 0.485. The quantitative estimate of drug-likeness (QED) is 0.312. The maximum Gasteiger partial charge on any atom is 0.319 e. The summed E-state index contributed by atoms with van der Waals surface area (Å²) in [6, 6.07) is 4.05. The van der Waals surface area contributed by atoms with Gasteiger partial charge in [0.2, 0.25) is 5.91 Å². The lowest BCUT2D eigenvalue weighted by Crippen LogP contribution is -2.50. The highest BCUT2D eigenvalue weighted by Gasteiger charge is 2.29. The highest BCUT2D eigenvalue weighted by molar-refractivity contribution is 6.34. The number of carbonyl (C=O) groups is 4. The molecule has 4 amide bonds. The number of halogens is 1. The fraction of sp³-hybridized carbons (Fsp3) is 0.667. The Morgan fingerprint density at radius 1 is 0.976 bits per heavy atom. The summed E-state index contributed by atoms with van der Waals surface area (Å²) in [4.78, 5) is 56.2. The Kier molecular flexibility index (Phi) is 11.8. The van der Waals surface area contributed by atoms with Crippen LogP contribution in [0.2, 0.25) is 5.02 Å². The first-order chi connectivity index (χ1) is 19.9. The van der Waals surface area contributed by atoms with E-state index in [1.54, 1.807) is 23.1 Å². The molecule has 2 aliphatic heterocycles. The van der Waals surface area contributed by atoms with Crippen LogP contribution in [0.15, 0.2) is 18.2 Å². The van der Waals surface area contributed by atoms with Gasteiger partial charge in [-0.2, -0.15) is 0 Å². The number of nitrogens with zero attached hydrogens (tertiary/aromatic N) is 4. The minimum absolute atomic E-state index is 0.0925. The van der Waals surface area contributed by atoms with Gasteiger partial charge in [-0.1, -0.05) is 30.9 Å². The number of piperazine rings is 1. The van der Waals surface area contributed by atoms with Crippen molar-refractivity contribution in [2.45, 2.75) is 63.9 Å². The minimum atomic E-state index is -0.733. The second-order valence-electron chi connectivity index (χ2n) is 11.3. The molecule has 1 aromatic carbocycles. The van der Waals surface area contributed by atoms with Crippen molar-refractivity contribution in [2.24, 2.45) is 11.7 Å². The normalized spacial score (nSPS) is 19.2. The van der Waals surface area contributed by atoms with Gasteiger partial charge in [0.1, 0.15) is 6.29 Å². The van der Waals surface area contributed by atoms with Crippen LogP contribution in [0.4, 0.5) is 10.5 Å². The van der Waals surface area contributed by atoms with Gasteiger partial charge in [0.05, 0.1) is 16.8 Å². The lowest BCUT2D eigenvalue weighted by Gasteiger charge is -2.37. The van der Waals surface area contributed by atoms with Gasteiger partial charge in [0, 0.05) is 76.9 Å². The number of amides is 4. The number of benzene rings is 1. The molecule has 10 nitrogen and oxygen atoms in total. The van der Waals surface area contributed by atoms with Crippen LogP contribution in [0.5, 0.6) is 0 Å². The number of primary amides is 1. The van der Waals surface area contributed by atoms with Crippen LogP contribution in [0, 0.1) is 5.92 Å². The van der Waals surface area contributed by atoms with E-state index >= 15 is 0 Å². The molecule has 0 aromatic heterocycles. The summed E-state index contributed by atoms with van der Waals surface area (Å²) in [7, 11) is 0. The second-order valence-corrected chi connectivity index (χ2v) is 11.7. The Balaban J connectivity index is 1.15. The van der Waals surface area contributed by atoms with Gasteiger partial charge in [-0.15, -0.1) is 0 Å². The molecule has 11 heteroatoms. The summed E-state index contributed by atoms with van der Waals surface area (Å²) in [5.41, 5.74) is 6.22. The number of rotatable bonds is 11. The molecule has 41 heavy (non-hydrogen) atoms. The van der Waals surface area contributed by atoms with Gasteiger partial charge in [0.25, 0.3) is 5.91 Å². The zero-order valence-electron chi connectivity index (χ0n) is 24.0. The van der Waals surface area contributed by atoms with Crippen LogP contribution in [-0.2, 0) is 14.3 Å². The first-order valence-corrected chi connectivity index (χ1v) is 15.5. The summed E-state index contributed by atoms with van der Waals surface area (Å²) >= 11 is 6.28. The van der Waals surface area contributed by atoms with Crippen LogP contribution in [0.3, 0.4) is 0 Å². The highest BCUT2D eigenvalue weighted by atomic mass is 35.5. The summed E-state index contributed by atoms with van der Waals surface area (Å²) in [5, 5.41) is 0.285. The Bertz CT molecular complexity index is 1050. The molecule has 0 spiro atoms. The van der Waals surface area contributed by atoms with Gasteiger partial charge >= 0.3 is 6.03 Å². The van der Waals surface area contributed by atoms with Crippen LogP contribution in [-0.4, -0.2) is 104 Å². The number of hydrogen-bond acceptors (Lipinski definition) is 6. The predicted molar refractivity (Wildman–Crippen MR) is 158 cm³/mol. The van der Waals surface area contributed by atoms with Crippen LogP contribution >= 0.6 is 11.6 Å². The molecular formula is C30H44ClN5O5. The molecule has 1 aromatic rings. The van der Waals surface area contributed by atoms with Crippen molar-refractivity contribution in [3.05, 3.63) is 28.8 Å². The molecule has 0 atom stereocenters. The molecule has 3 fully saturated rings. The Hall–Kier alpha value is -2.69. The number of piperidine rings is 1. The largest absolute Gasteiger partial charge is 0.378 e. The molecule has 2 heterocycles. The highest BCUT2D eigenvalue weighted by Crippen LogP contribution is 2.29. The van der Waals surface area contributed by atoms with E-state index < -0.39 is 6.03 Å². The SMILES string of the molecule is NC(=O)N(CCC=O)c1cc(C(=O)N2CCC(OCCCN3CCN(C(=O)C4CCCCC4)CC3)CC2)ccc1Cl. The molecule has 2 saturated heterocycles. The minimum Gasteiger partial charge on any atom is -0.378 e. The van der Waals surface area contributed by atoms with Gasteiger partial charge in [-0.3, -0.25) is 19.4 Å². The fourth-order valence-corrected chi connectivity index (χ4v) is 6.35. The third-order valence-corrected chi connectivity index (χ3v) is 8.88. The molecule has 1 aliphatic carbocycles. The predicted octanol–water partition coefficient (Wildman–Crippen LogP) is 3.55. The molecule has 1 saturated carbocycles. The standard InChI is InChI=1S/C30H44ClN5O5/c31-26-9-8-24(22-27(26)36(30(32)40)13-4-20-37)29(39)34-14-10-25(11-15-34)41-21-5-12-33-16-18-35(19-17-33)28(38)23-6-2-1-3-7-23/h8-9,20,22-23,25H,1-7,10-19,21H2,(H2,32,40). The summed E-state index contributed by atoms with van der Waals surface area (Å²) in [6.45, 7) is 6.44. The summed E-state index contributed by atoms with van der Waals surface area (Å²) in [6.07, 6.45) is 9.19. The number of nitrogens with two attached hydrogens (primary N) is 1. The number of likely N-dealkylation sites (tertiary alicyclic amines) is 1. The van der Waals surface area contributed by atoms with Crippen molar-refractivity contribution in [3.8, 4) is 0 Å². The van der Waals surface area contributed by atoms with Crippen molar-refractivity contribution in [2.75, 3.05) is 63.9 Å². The fourth-order valence-electron chi connectivity index (χ4n) is 6.13. The number of hydrogen-bond donors (Lipinski definition) is 1. The van der Waals surface area contributed by atoms with Gasteiger partial charge in [0.15, 0.2) is 0 Å². The van der Waals surface area contributed by atoms with E-state index in [4.69, 9.17) is 22.1 Å². The Morgan fingerprint density at radius 3 is 2.34 bits per heavy atom. The van der Waals surface area contributed by atoms with Crippen molar-refractivity contribution in [1.82, 2.24) is 14.7 Å². The van der Waals surface area contributed by atoms with Gasteiger partial charge in [-0.05, 0) is 50.3 Å². The van der Waals surface area contributed by atoms with E-state index in [-0.39, 0.29) is 35.9 Å². The van der Waals surface area contributed by atoms with Gasteiger partial charge < -0.3 is 25.1 Å². The van der Waals surface area contributed by atoms with Crippen molar-refractivity contribution in [1.29, 1.82) is 0 Å². The number of aldehydes is 1. The van der Waals surface area contributed by atoms with E-state index in [2.05, 4.69) is 9.80 Å². The maximum atomic E-state index is 13.2. The third-order valence-electron chi connectivity index (χ3n) is 8.56. The number of carbonyl (C=O) groups excluding carboxylic acids is 4. The Labute approximate surface area is 248 Å². The van der Waals surface area contributed by atoms with Crippen molar-refractivity contribution >= 4 is 41.4 Å². The molecule has 4 rings (SSSR count).